The number of hydrogen-bond acceptors (Lipinski definition) is 3. The van der Waals surface area contributed by atoms with Crippen molar-refractivity contribution in [3.63, 3.8) is 0 Å². The quantitative estimate of drug-likeness (QED) is 0.309. The van der Waals surface area contributed by atoms with Crippen molar-refractivity contribution in [3.8, 4) is 5.75 Å². The topological polar surface area (TPSA) is 63.6 Å². The number of aliphatic carboxylic acids is 1. The summed E-state index contributed by atoms with van der Waals surface area (Å²) in [5.41, 5.74) is 0.655. The van der Waals surface area contributed by atoms with Crippen molar-refractivity contribution in [1.82, 2.24) is 0 Å². The van der Waals surface area contributed by atoms with Crippen LogP contribution in [0, 0.1) is 0 Å². The van der Waals surface area contributed by atoms with E-state index in [4.69, 9.17) is 9.84 Å². The Morgan fingerprint density at radius 3 is 1.90 bits per heavy atom. The number of ketones is 1. The summed E-state index contributed by atoms with van der Waals surface area (Å²) in [5, 5.41) is 8.79. The predicted molar refractivity (Wildman–Crippen MR) is 125 cm³/mol. The molecule has 4 nitrogen and oxygen atoms in total. The van der Waals surface area contributed by atoms with Gasteiger partial charge in [-0.15, -0.1) is 0 Å². The minimum atomic E-state index is -0.737. The second kappa shape index (κ2) is 13.6. The molecule has 0 aromatic heterocycles. The molecule has 0 aliphatic rings. The Hall–Kier alpha value is -2.62. The zero-order chi connectivity index (χ0) is 22.4. The number of carbonyl (C=O) groups excluding carboxylic acids is 1. The van der Waals surface area contributed by atoms with Crippen LogP contribution in [0.25, 0.3) is 0 Å². The maximum atomic E-state index is 12.9. The summed E-state index contributed by atoms with van der Waals surface area (Å²) in [5.74, 6) is 0.385. The molecule has 168 valence electrons. The zero-order valence-corrected chi connectivity index (χ0v) is 18.7. The number of carboxylic acids is 1. The van der Waals surface area contributed by atoms with Crippen LogP contribution in [0.2, 0.25) is 0 Å². The van der Waals surface area contributed by atoms with Gasteiger partial charge < -0.3 is 9.84 Å². The van der Waals surface area contributed by atoms with Gasteiger partial charge in [-0.25, -0.2) is 0 Å². The lowest BCUT2D eigenvalue weighted by molar-refractivity contribution is -0.137. The SMILES string of the molecule is CC(=O)C(CCCCCCC(=O)O)(CCCCCOc1ccccc1)c1ccccc1. The van der Waals surface area contributed by atoms with E-state index in [-0.39, 0.29) is 12.2 Å². The van der Waals surface area contributed by atoms with E-state index in [2.05, 4.69) is 12.1 Å². The van der Waals surface area contributed by atoms with Crippen LogP contribution in [0.1, 0.15) is 76.7 Å². The largest absolute Gasteiger partial charge is 0.494 e. The summed E-state index contributed by atoms with van der Waals surface area (Å²) in [6, 6.07) is 20.0. The summed E-state index contributed by atoms with van der Waals surface area (Å²) >= 11 is 0. The normalized spacial score (nSPS) is 12.8. The molecular weight excluding hydrogens is 388 g/mol. The summed E-state index contributed by atoms with van der Waals surface area (Å²) < 4.78 is 5.78. The van der Waals surface area contributed by atoms with Crippen molar-refractivity contribution in [3.05, 3.63) is 66.2 Å². The molecule has 0 saturated heterocycles. The second-order valence-corrected chi connectivity index (χ2v) is 8.28. The lowest BCUT2D eigenvalue weighted by atomic mass is 9.70. The second-order valence-electron chi connectivity index (χ2n) is 8.28. The highest BCUT2D eigenvalue weighted by atomic mass is 16.5. The number of unbranched alkanes of at least 4 members (excludes halogenated alkanes) is 5. The van der Waals surface area contributed by atoms with E-state index in [0.29, 0.717) is 13.0 Å². The standard InChI is InChI=1S/C27H36O4/c1-23(28)27(24-15-7-4-8-16-24,20-12-3-2-11-19-26(29)30)21-13-6-14-22-31-25-17-9-5-10-18-25/h4-5,7-10,15-18H,2-3,6,11-14,19-22H2,1H3,(H,29,30). The van der Waals surface area contributed by atoms with Crippen LogP contribution < -0.4 is 4.74 Å². The van der Waals surface area contributed by atoms with Gasteiger partial charge in [0.25, 0.3) is 0 Å². The van der Waals surface area contributed by atoms with Crippen molar-refractivity contribution in [2.75, 3.05) is 6.61 Å². The predicted octanol–water partition coefficient (Wildman–Crippen LogP) is 6.58. The number of carboxylic acid groups (broad SMARTS) is 1. The molecule has 1 N–H and O–H groups in total. The Kier molecular flexibility index (Phi) is 10.8. The van der Waals surface area contributed by atoms with Gasteiger partial charge in [-0.1, -0.05) is 80.6 Å². The molecule has 2 aromatic rings. The van der Waals surface area contributed by atoms with Crippen LogP contribution in [-0.4, -0.2) is 23.5 Å². The highest BCUT2D eigenvalue weighted by Crippen LogP contribution is 2.37. The van der Waals surface area contributed by atoms with Crippen molar-refractivity contribution in [1.29, 1.82) is 0 Å². The van der Waals surface area contributed by atoms with Gasteiger partial charge in [0.2, 0.25) is 0 Å². The van der Waals surface area contributed by atoms with Crippen molar-refractivity contribution in [2.45, 2.75) is 76.5 Å². The fourth-order valence-electron chi connectivity index (χ4n) is 4.20. The van der Waals surface area contributed by atoms with Gasteiger partial charge in [0, 0.05) is 6.42 Å². The molecule has 0 spiro atoms. The average molecular weight is 425 g/mol. The average Bonchev–Trinajstić information content (AvgIpc) is 2.78. The third-order valence-electron chi connectivity index (χ3n) is 6.00. The van der Waals surface area contributed by atoms with Crippen molar-refractivity contribution in [2.24, 2.45) is 0 Å². The van der Waals surface area contributed by atoms with E-state index < -0.39 is 11.4 Å². The molecule has 0 saturated carbocycles. The van der Waals surface area contributed by atoms with Crippen LogP contribution in [0.3, 0.4) is 0 Å². The lowest BCUT2D eigenvalue weighted by Gasteiger charge is -2.32. The Labute approximate surface area is 186 Å². The van der Waals surface area contributed by atoms with E-state index in [0.717, 1.165) is 62.7 Å². The van der Waals surface area contributed by atoms with Gasteiger partial charge in [-0.2, -0.15) is 0 Å². The molecule has 4 heteroatoms. The molecule has 0 heterocycles. The number of rotatable bonds is 16. The zero-order valence-electron chi connectivity index (χ0n) is 18.7. The Balaban J connectivity index is 1.87. The third-order valence-corrected chi connectivity index (χ3v) is 6.00. The molecule has 1 unspecified atom stereocenters. The molecule has 2 rings (SSSR count). The van der Waals surface area contributed by atoms with Gasteiger partial charge in [0.15, 0.2) is 0 Å². The molecule has 0 fully saturated rings. The maximum absolute atomic E-state index is 12.9. The summed E-state index contributed by atoms with van der Waals surface area (Å²) in [4.78, 5) is 23.6. The Morgan fingerprint density at radius 2 is 1.32 bits per heavy atom. The highest BCUT2D eigenvalue weighted by molar-refractivity contribution is 5.88. The number of para-hydroxylation sites is 1. The molecule has 0 amide bonds. The fourth-order valence-corrected chi connectivity index (χ4v) is 4.20. The third kappa shape index (κ3) is 8.56. The Morgan fingerprint density at radius 1 is 0.774 bits per heavy atom. The molecule has 0 bridgehead atoms. The van der Waals surface area contributed by atoms with Crippen LogP contribution in [-0.2, 0) is 15.0 Å². The molecule has 2 aromatic carbocycles. The van der Waals surface area contributed by atoms with E-state index in [1.54, 1.807) is 6.92 Å². The van der Waals surface area contributed by atoms with Crippen molar-refractivity contribution < 1.29 is 19.4 Å². The van der Waals surface area contributed by atoms with Gasteiger partial charge in [-0.3, -0.25) is 9.59 Å². The van der Waals surface area contributed by atoms with Gasteiger partial charge in [0.1, 0.15) is 11.5 Å². The molecule has 0 radical (unpaired) electrons. The van der Waals surface area contributed by atoms with E-state index in [9.17, 15) is 9.59 Å². The summed E-state index contributed by atoms with van der Waals surface area (Å²) in [6.45, 7) is 2.40. The van der Waals surface area contributed by atoms with Gasteiger partial charge in [-0.05, 0) is 50.3 Å². The highest BCUT2D eigenvalue weighted by Gasteiger charge is 2.35. The number of ether oxygens (including phenoxy) is 1. The number of Topliss-reactive ketones (excluding diaryl/α,β-unsaturated/α-hetero) is 1. The molecule has 0 aliphatic heterocycles. The molecule has 31 heavy (non-hydrogen) atoms. The maximum Gasteiger partial charge on any atom is 0.303 e. The minimum Gasteiger partial charge on any atom is -0.494 e. The van der Waals surface area contributed by atoms with E-state index in [1.165, 1.54) is 0 Å². The van der Waals surface area contributed by atoms with E-state index >= 15 is 0 Å². The smallest absolute Gasteiger partial charge is 0.303 e. The van der Waals surface area contributed by atoms with Gasteiger partial charge in [0.05, 0.1) is 12.0 Å². The fraction of sp³-hybridized carbons (Fsp3) is 0.481. The first-order valence-corrected chi connectivity index (χ1v) is 11.5. The first-order valence-electron chi connectivity index (χ1n) is 11.5. The molecule has 1 atom stereocenters. The first-order chi connectivity index (χ1) is 15.0. The molecular formula is C27H36O4. The lowest BCUT2D eigenvalue weighted by Crippen LogP contribution is -2.34. The van der Waals surface area contributed by atoms with Crippen molar-refractivity contribution >= 4 is 11.8 Å². The monoisotopic (exact) mass is 424 g/mol. The number of carbonyl (C=O) groups is 2. The van der Waals surface area contributed by atoms with E-state index in [1.807, 2.05) is 48.5 Å². The molecule has 0 aliphatic carbocycles. The van der Waals surface area contributed by atoms with Crippen LogP contribution in [0.4, 0.5) is 0 Å². The van der Waals surface area contributed by atoms with Gasteiger partial charge >= 0.3 is 5.97 Å². The summed E-state index contributed by atoms with van der Waals surface area (Å²) in [7, 11) is 0. The minimum absolute atomic E-state index is 0.224. The number of benzene rings is 2. The Bertz CT molecular complexity index is 772. The van der Waals surface area contributed by atoms with Crippen LogP contribution >= 0.6 is 0 Å². The number of hydrogen-bond donors (Lipinski definition) is 1. The van der Waals surface area contributed by atoms with Crippen LogP contribution in [0.15, 0.2) is 60.7 Å². The van der Waals surface area contributed by atoms with Crippen LogP contribution in [0.5, 0.6) is 5.75 Å². The summed E-state index contributed by atoms with van der Waals surface area (Å²) in [6.07, 6.45) is 8.34. The first kappa shape index (κ1) is 24.6.